The predicted molar refractivity (Wildman–Crippen MR) is 52.9 cm³/mol. The molecule has 1 aromatic rings. The fourth-order valence-electron chi connectivity index (χ4n) is 1.20. The Hall–Kier alpha value is -1.09. The predicted octanol–water partition coefficient (Wildman–Crippen LogP) is 1.54. The molecule has 0 aliphatic rings. The van der Waals surface area contributed by atoms with Crippen molar-refractivity contribution in [1.82, 2.24) is 4.98 Å². The van der Waals surface area contributed by atoms with Crippen molar-refractivity contribution in [3.63, 3.8) is 0 Å². The van der Waals surface area contributed by atoms with Crippen LogP contribution < -0.4 is 10.5 Å². The summed E-state index contributed by atoms with van der Waals surface area (Å²) >= 11 is 0. The van der Waals surface area contributed by atoms with E-state index in [-0.39, 0.29) is 0 Å². The Labute approximate surface area is 78.9 Å². The molecule has 1 heterocycles. The van der Waals surface area contributed by atoms with Gasteiger partial charge in [0.2, 0.25) is 0 Å². The van der Waals surface area contributed by atoms with Crippen LogP contribution in [0.5, 0.6) is 5.75 Å². The molecule has 1 atom stereocenters. The molecule has 0 fully saturated rings. The van der Waals surface area contributed by atoms with Crippen molar-refractivity contribution in [3.05, 3.63) is 24.0 Å². The Kier molecular flexibility index (Phi) is 3.71. The van der Waals surface area contributed by atoms with Gasteiger partial charge >= 0.3 is 0 Å². The SMILES string of the molecule is COc1ccc(C(C)CCN)nc1. The lowest BCUT2D eigenvalue weighted by Gasteiger charge is -2.09. The van der Waals surface area contributed by atoms with Crippen LogP contribution in [0.3, 0.4) is 0 Å². The van der Waals surface area contributed by atoms with E-state index in [0.29, 0.717) is 12.5 Å². The Bertz CT molecular complexity index is 246. The highest BCUT2D eigenvalue weighted by molar-refractivity contribution is 5.21. The lowest BCUT2D eigenvalue weighted by molar-refractivity contribution is 0.412. The standard InChI is InChI=1S/C10H16N2O/c1-8(5-6-11)10-4-3-9(13-2)7-12-10/h3-4,7-8H,5-6,11H2,1-2H3. The van der Waals surface area contributed by atoms with E-state index in [9.17, 15) is 0 Å². The van der Waals surface area contributed by atoms with E-state index >= 15 is 0 Å². The van der Waals surface area contributed by atoms with Crippen LogP contribution in [-0.2, 0) is 0 Å². The summed E-state index contributed by atoms with van der Waals surface area (Å²) in [6, 6.07) is 3.91. The molecule has 0 amide bonds. The largest absolute Gasteiger partial charge is 0.495 e. The third-order valence-electron chi connectivity index (χ3n) is 2.10. The number of nitrogens with two attached hydrogens (primary N) is 1. The summed E-state index contributed by atoms with van der Waals surface area (Å²) in [5.41, 5.74) is 6.55. The Morgan fingerprint density at radius 3 is 2.77 bits per heavy atom. The minimum Gasteiger partial charge on any atom is -0.495 e. The molecule has 0 saturated carbocycles. The molecular weight excluding hydrogens is 164 g/mol. The van der Waals surface area contributed by atoms with Gasteiger partial charge in [0, 0.05) is 5.69 Å². The molecule has 0 aliphatic carbocycles. The number of rotatable bonds is 4. The van der Waals surface area contributed by atoms with Crippen LogP contribution in [-0.4, -0.2) is 18.6 Å². The van der Waals surface area contributed by atoms with Gasteiger partial charge in [-0.3, -0.25) is 4.98 Å². The van der Waals surface area contributed by atoms with Gasteiger partial charge in [-0.2, -0.15) is 0 Å². The first-order chi connectivity index (χ1) is 6.27. The fraction of sp³-hybridized carbons (Fsp3) is 0.500. The third kappa shape index (κ3) is 2.70. The number of nitrogens with zero attached hydrogens (tertiary/aromatic N) is 1. The van der Waals surface area contributed by atoms with Crippen molar-refractivity contribution in [1.29, 1.82) is 0 Å². The monoisotopic (exact) mass is 180 g/mol. The molecule has 13 heavy (non-hydrogen) atoms. The van der Waals surface area contributed by atoms with Crippen LogP contribution in [0, 0.1) is 0 Å². The molecule has 0 bridgehead atoms. The average molecular weight is 180 g/mol. The number of methoxy groups -OCH3 is 1. The molecular formula is C10H16N2O. The molecule has 2 N–H and O–H groups in total. The van der Waals surface area contributed by atoms with Gasteiger partial charge in [-0.25, -0.2) is 0 Å². The summed E-state index contributed by atoms with van der Waals surface area (Å²) in [4.78, 5) is 4.29. The number of hydrogen-bond acceptors (Lipinski definition) is 3. The second-order valence-corrected chi connectivity index (χ2v) is 3.10. The molecule has 1 rings (SSSR count). The van der Waals surface area contributed by atoms with Crippen LogP contribution >= 0.6 is 0 Å². The van der Waals surface area contributed by atoms with Gasteiger partial charge < -0.3 is 10.5 Å². The molecule has 0 saturated heterocycles. The van der Waals surface area contributed by atoms with Crippen LogP contribution in [0.2, 0.25) is 0 Å². The van der Waals surface area contributed by atoms with Crippen molar-refractivity contribution in [3.8, 4) is 5.75 Å². The number of ether oxygens (including phenoxy) is 1. The number of pyridine rings is 1. The normalized spacial score (nSPS) is 12.5. The summed E-state index contributed by atoms with van der Waals surface area (Å²) in [6.07, 6.45) is 2.71. The maximum atomic E-state index is 5.47. The second kappa shape index (κ2) is 4.82. The third-order valence-corrected chi connectivity index (χ3v) is 2.10. The number of hydrogen-bond donors (Lipinski definition) is 1. The minimum atomic E-state index is 0.427. The number of aromatic nitrogens is 1. The zero-order chi connectivity index (χ0) is 9.68. The molecule has 0 spiro atoms. The topological polar surface area (TPSA) is 48.1 Å². The molecule has 1 unspecified atom stereocenters. The zero-order valence-electron chi connectivity index (χ0n) is 8.16. The molecule has 0 radical (unpaired) electrons. The first-order valence-electron chi connectivity index (χ1n) is 4.48. The van der Waals surface area contributed by atoms with Gasteiger partial charge in [0.15, 0.2) is 0 Å². The van der Waals surface area contributed by atoms with Gasteiger partial charge in [-0.05, 0) is 31.0 Å². The summed E-state index contributed by atoms with van der Waals surface area (Å²) in [5, 5.41) is 0. The van der Waals surface area contributed by atoms with Crippen molar-refractivity contribution < 1.29 is 4.74 Å². The van der Waals surface area contributed by atoms with Crippen molar-refractivity contribution in [2.45, 2.75) is 19.3 Å². The second-order valence-electron chi connectivity index (χ2n) is 3.10. The highest BCUT2D eigenvalue weighted by atomic mass is 16.5. The van der Waals surface area contributed by atoms with Crippen LogP contribution in [0.1, 0.15) is 25.0 Å². The summed E-state index contributed by atoms with van der Waals surface area (Å²) in [6.45, 7) is 2.83. The zero-order valence-corrected chi connectivity index (χ0v) is 8.16. The minimum absolute atomic E-state index is 0.427. The smallest absolute Gasteiger partial charge is 0.137 e. The Morgan fingerprint density at radius 2 is 2.31 bits per heavy atom. The van der Waals surface area contributed by atoms with E-state index in [4.69, 9.17) is 10.5 Å². The van der Waals surface area contributed by atoms with E-state index in [1.807, 2.05) is 12.1 Å². The highest BCUT2D eigenvalue weighted by Crippen LogP contribution is 2.17. The summed E-state index contributed by atoms with van der Waals surface area (Å²) in [7, 11) is 1.64. The molecule has 0 aromatic carbocycles. The van der Waals surface area contributed by atoms with Gasteiger partial charge in [0.1, 0.15) is 5.75 Å². The van der Waals surface area contributed by atoms with E-state index < -0.39 is 0 Å². The van der Waals surface area contributed by atoms with Crippen molar-refractivity contribution in [2.24, 2.45) is 5.73 Å². The van der Waals surface area contributed by atoms with E-state index in [1.165, 1.54) is 0 Å². The van der Waals surface area contributed by atoms with Gasteiger partial charge in [0.05, 0.1) is 13.3 Å². The summed E-state index contributed by atoms with van der Waals surface area (Å²) in [5.74, 6) is 1.22. The van der Waals surface area contributed by atoms with Gasteiger partial charge in [-0.1, -0.05) is 6.92 Å². The van der Waals surface area contributed by atoms with Crippen LogP contribution in [0.15, 0.2) is 18.3 Å². The molecule has 72 valence electrons. The first-order valence-corrected chi connectivity index (χ1v) is 4.48. The fourth-order valence-corrected chi connectivity index (χ4v) is 1.20. The lowest BCUT2D eigenvalue weighted by atomic mass is 10.0. The molecule has 3 nitrogen and oxygen atoms in total. The van der Waals surface area contributed by atoms with Crippen LogP contribution in [0.25, 0.3) is 0 Å². The quantitative estimate of drug-likeness (QED) is 0.764. The van der Waals surface area contributed by atoms with E-state index in [1.54, 1.807) is 13.3 Å². The first kappa shape index (κ1) is 9.99. The van der Waals surface area contributed by atoms with Crippen molar-refractivity contribution in [2.75, 3.05) is 13.7 Å². The maximum Gasteiger partial charge on any atom is 0.137 e. The Balaban J connectivity index is 2.67. The highest BCUT2D eigenvalue weighted by Gasteiger charge is 2.05. The van der Waals surface area contributed by atoms with E-state index in [0.717, 1.165) is 17.9 Å². The molecule has 3 heteroatoms. The van der Waals surface area contributed by atoms with Gasteiger partial charge in [-0.15, -0.1) is 0 Å². The van der Waals surface area contributed by atoms with E-state index in [2.05, 4.69) is 11.9 Å². The maximum absolute atomic E-state index is 5.47. The summed E-state index contributed by atoms with van der Waals surface area (Å²) < 4.78 is 5.02. The van der Waals surface area contributed by atoms with Crippen molar-refractivity contribution >= 4 is 0 Å². The molecule has 1 aromatic heterocycles. The molecule has 0 aliphatic heterocycles. The lowest BCUT2D eigenvalue weighted by Crippen LogP contribution is -2.05. The van der Waals surface area contributed by atoms with Crippen LogP contribution in [0.4, 0.5) is 0 Å². The average Bonchev–Trinajstić information content (AvgIpc) is 2.18. The Morgan fingerprint density at radius 1 is 1.54 bits per heavy atom. The van der Waals surface area contributed by atoms with Gasteiger partial charge in [0.25, 0.3) is 0 Å².